The van der Waals surface area contributed by atoms with Crippen molar-refractivity contribution in [3.63, 3.8) is 0 Å². The monoisotopic (exact) mass is 511 g/mol. The number of hydrogen-bond donors (Lipinski definition) is 0. The summed E-state index contributed by atoms with van der Waals surface area (Å²) in [6.45, 7) is 3.37. The zero-order chi connectivity index (χ0) is 26.6. The number of benzene rings is 3. The van der Waals surface area contributed by atoms with Crippen molar-refractivity contribution in [1.82, 2.24) is 9.66 Å². The second-order valence-electron chi connectivity index (χ2n) is 8.69. The lowest BCUT2D eigenvalue weighted by atomic mass is 10.2. The summed E-state index contributed by atoms with van der Waals surface area (Å²) in [5, 5.41) is 5.65. The maximum Gasteiger partial charge on any atom is 0.344 e. The first-order valence-corrected chi connectivity index (χ1v) is 12.0. The summed E-state index contributed by atoms with van der Waals surface area (Å²) < 4.78 is 23.3. The maximum atomic E-state index is 13.4. The second-order valence-corrected chi connectivity index (χ2v) is 8.69. The van der Waals surface area contributed by atoms with E-state index in [4.69, 9.17) is 23.6 Å². The Morgan fingerprint density at radius 3 is 2.61 bits per heavy atom. The minimum absolute atomic E-state index is 0.185. The molecule has 3 aromatic carbocycles. The molecule has 38 heavy (non-hydrogen) atoms. The molecule has 5 aromatic rings. The van der Waals surface area contributed by atoms with Crippen molar-refractivity contribution in [2.24, 2.45) is 5.10 Å². The first-order chi connectivity index (χ1) is 18.4. The van der Waals surface area contributed by atoms with Gasteiger partial charge in [-0.25, -0.2) is 9.78 Å². The topological polar surface area (TPSA) is 105 Å². The van der Waals surface area contributed by atoms with Crippen LogP contribution in [-0.4, -0.2) is 41.7 Å². The van der Waals surface area contributed by atoms with E-state index >= 15 is 0 Å². The number of aromatic nitrogens is 2. The molecular formula is C29H25N3O6. The minimum atomic E-state index is -0.440. The zero-order valence-electron chi connectivity index (χ0n) is 21.1. The quantitative estimate of drug-likeness (QED) is 0.212. The van der Waals surface area contributed by atoms with Crippen LogP contribution in [0.5, 0.6) is 11.5 Å². The van der Waals surface area contributed by atoms with Gasteiger partial charge in [0.2, 0.25) is 5.82 Å². The van der Waals surface area contributed by atoms with E-state index < -0.39 is 5.97 Å². The molecule has 0 unspecified atom stereocenters. The number of carbonyl (C=O) groups excluding carboxylic acids is 1. The molecule has 0 radical (unpaired) electrons. The van der Waals surface area contributed by atoms with E-state index in [-0.39, 0.29) is 24.1 Å². The normalized spacial score (nSPS) is 11.5. The van der Waals surface area contributed by atoms with Crippen molar-refractivity contribution < 1.29 is 23.4 Å². The molecule has 0 fully saturated rings. The molecular weight excluding hydrogens is 486 g/mol. The molecule has 9 heteroatoms. The van der Waals surface area contributed by atoms with Crippen LogP contribution in [0.3, 0.4) is 0 Å². The van der Waals surface area contributed by atoms with E-state index in [1.54, 1.807) is 75.7 Å². The zero-order valence-corrected chi connectivity index (χ0v) is 21.1. The predicted molar refractivity (Wildman–Crippen MR) is 144 cm³/mol. The summed E-state index contributed by atoms with van der Waals surface area (Å²) in [5.74, 6) is 1.35. The molecule has 0 amide bonds. The first kappa shape index (κ1) is 24.8. The van der Waals surface area contributed by atoms with Crippen LogP contribution in [-0.2, 0) is 9.53 Å². The fourth-order valence-corrected chi connectivity index (χ4v) is 3.93. The van der Waals surface area contributed by atoms with E-state index in [0.717, 1.165) is 5.39 Å². The fourth-order valence-electron chi connectivity index (χ4n) is 3.93. The molecule has 0 aliphatic rings. The van der Waals surface area contributed by atoms with Gasteiger partial charge in [-0.1, -0.05) is 18.2 Å². The molecule has 0 spiro atoms. The predicted octanol–water partition coefficient (Wildman–Crippen LogP) is 5.03. The molecule has 0 N–H and O–H groups in total. The SMILES string of the molecule is COc1cccc2oc(-c3nc4ccccc4c(=O)n3N=Cc3ccc(OCC(=O)OC(C)C)cc3)cc12. The molecule has 192 valence electrons. The van der Waals surface area contributed by atoms with Crippen LogP contribution in [0, 0.1) is 0 Å². The fraction of sp³-hybridized carbons (Fsp3) is 0.172. The molecule has 0 bridgehead atoms. The summed E-state index contributed by atoms with van der Waals surface area (Å²) in [7, 11) is 1.59. The smallest absolute Gasteiger partial charge is 0.344 e. The van der Waals surface area contributed by atoms with Gasteiger partial charge in [-0.15, -0.1) is 0 Å². The van der Waals surface area contributed by atoms with Crippen LogP contribution in [0.1, 0.15) is 19.4 Å². The minimum Gasteiger partial charge on any atom is -0.496 e. The van der Waals surface area contributed by atoms with Crippen LogP contribution < -0.4 is 15.0 Å². The van der Waals surface area contributed by atoms with Crippen molar-refractivity contribution in [3.05, 3.63) is 88.7 Å². The van der Waals surface area contributed by atoms with Gasteiger partial charge in [0.05, 0.1) is 35.7 Å². The van der Waals surface area contributed by atoms with Gasteiger partial charge in [0.1, 0.15) is 17.1 Å². The Labute approximate surface area is 217 Å². The molecule has 2 heterocycles. The van der Waals surface area contributed by atoms with Gasteiger partial charge in [-0.3, -0.25) is 4.79 Å². The number of furan rings is 1. The van der Waals surface area contributed by atoms with Crippen molar-refractivity contribution in [2.45, 2.75) is 20.0 Å². The number of rotatable bonds is 8. The molecule has 0 atom stereocenters. The number of fused-ring (bicyclic) bond motifs is 2. The third kappa shape index (κ3) is 5.12. The third-order valence-corrected chi connectivity index (χ3v) is 5.64. The van der Waals surface area contributed by atoms with Crippen LogP contribution in [0.15, 0.2) is 87.1 Å². The maximum absolute atomic E-state index is 13.4. The molecule has 0 saturated heterocycles. The van der Waals surface area contributed by atoms with E-state index in [1.165, 1.54) is 4.68 Å². The molecule has 2 aromatic heterocycles. The van der Waals surface area contributed by atoms with E-state index in [9.17, 15) is 9.59 Å². The third-order valence-electron chi connectivity index (χ3n) is 5.64. The first-order valence-electron chi connectivity index (χ1n) is 12.0. The lowest BCUT2D eigenvalue weighted by molar-refractivity contribution is -0.149. The number of carbonyl (C=O) groups is 1. The van der Waals surface area contributed by atoms with Crippen LogP contribution >= 0.6 is 0 Å². The Bertz CT molecular complexity index is 1700. The summed E-state index contributed by atoms with van der Waals surface area (Å²) in [5.41, 5.74) is 1.51. The highest BCUT2D eigenvalue weighted by molar-refractivity contribution is 5.88. The molecule has 9 nitrogen and oxygen atoms in total. The van der Waals surface area contributed by atoms with Crippen molar-refractivity contribution in [1.29, 1.82) is 0 Å². The number of methoxy groups -OCH3 is 1. The van der Waals surface area contributed by atoms with Gasteiger partial charge in [0.15, 0.2) is 12.4 Å². The van der Waals surface area contributed by atoms with Crippen molar-refractivity contribution in [2.75, 3.05) is 13.7 Å². The Morgan fingerprint density at radius 2 is 1.84 bits per heavy atom. The Morgan fingerprint density at radius 1 is 1.05 bits per heavy atom. The van der Waals surface area contributed by atoms with Gasteiger partial charge < -0.3 is 18.6 Å². The van der Waals surface area contributed by atoms with Crippen molar-refractivity contribution in [3.8, 4) is 23.1 Å². The Hall–Kier alpha value is -4.92. The highest BCUT2D eigenvalue weighted by atomic mass is 16.6. The number of ether oxygens (including phenoxy) is 3. The van der Waals surface area contributed by atoms with Gasteiger partial charge in [0.25, 0.3) is 5.56 Å². The molecule has 0 aliphatic heterocycles. The number of esters is 1. The summed E-state index contributed by atoms with van der Waals surface area (Å²) in [4.78, 5) is 29.8. The van der Waals surface area contributed by atoms with Gasteiger partial charge >= 0.3 is 5.97 Å². The van der Waals surface area contributed by atoms with Gasteiger partial charge in [0, 0.05) is 0 Å². The largest absolute Gasteiger partial charge is 0.496 e. The Kier molecular flexibility index (Phi) is 6.90. The highest BCUT2D eigenvalue weighted by Gasteiger charge is 2.18. The van der Waals surface area contributed by atoms with E-state index in [1.807, 2.05) is 24.3 Å². The lowest BCUT2D eigenvalue weighted by Crippen LogP contribution is -2.20. The average Bonchev–Trinajstić information content (AvgIpc) is 3.36. The van der Waals surface area contributed by atoms with Crippen molar-refractivity contribution >= 4 is 34.1 Å². The van der Waals surface area contributed by atoms with Gasteiger partial charge in [-0.2, -0.15) is 9.78 Å². The molecule has 5 rings (SSSR count). The van der Waals surface area contributed by atoms with E-state index in [0.29, 0.717) is 39.3 Å². The van der Waals surface area contributed by atoms with Crippen LogP contribution in [0.25, 0.3) is 33.5 Å². The molecule has 0 saturated carbocycles. The van der Waals surface area contributed by atoms with Crippen LogP contribution in [0.4, 0.5) is 0 Å². The second kappa shape index (κ2) is 10.6. The summed E-state index contributed by atoms with van der Waals surface area (Å²) in [6, 6.07) is 21.3. The molecule has 0 aliphatic carbocycles. The van der Waals surface area contributed by atoms with Gasteiger partial charge in [-0.05, 0) is 74.0 Å². The summed E-state index contributed by atoms with van der Waals surface area (Å²) in [6.07, 6.45) is 1.34. The highest BCUT2D eigenvalue weighted by Crippen LogP contribution is 2.32. The lowest BCUT2D eigenvalue weighted by Gasteiger charge is -2.09. The summed E-state index contributed by atoms with van der Waals surface area (Å²) >= 11 is 0. The number of para-hydroxylation sites is 1. The standard InChI is InChI=1S/C29H25N3O6/c1-18(2)37-27(33)17-36-20-13-11-19(12-14-20)16-30-32-28(31-23-8-5-4-7-21(23)29(32)34)26-15-22-24(35-3)9-6-10-25(22)38-26/h4-16,18H,17H2,1-3H3. The average molecular weight is 512 g/mol. The van der Waals surface area contributed by atoms with E-state index in [2.05, 4.69) is 5.10 Å². The Balaban J connectivity index is 1.49. The number of nitrogens with zero attached hydrogens (tertiary/aromatic N) is 3. The van der Waals surface area contributed by atoms with Crippen LogP contribution in [0.2, 0.25) is 0 Å². The number of hydrogen-bond acceptors (Lipinski definition) is 8.